The predicted molar refractivity (Wildman–Crippen MR) is 62.2 cm³/mol. The first kappa shape index (κ1) is 11.3. The second-order valence-corrected chi connectivity index (χ2v) is 4.28. The zero-order valence-electron chi connectivity index (χ0n) is 9.72. The van der Waals surface area contributed by atoms with E-state index in [9.17, 15) is 0 Å². The van der Waals surface area contributed by atoms with Gasteiger partial charge in [-0.25, -0.2) is 9.97 Å². The van der Waals surface area contributed by atoms with E-state index in [1.54, 1.807) is 6.33 Å². The number of nitrogens with zero attached hydrogens (tertiary/aromatic N) is 2. The number of rotatable bonds is 4. The van der Waals surface area contributed by atoms with E-state index in [2.05, 4.69) is 16.9 Å². The summed E-state index contributed by atoms with van der Waals surface area (Å²) in [5.74, 6) is 1.18. The van der Waals surface area contributed by atoms with Crippen molar-refractivity contribution < 1.29 is 4.74 Å². The average Bonchev–Trinajstić information content (AvgIpc) is 2.76. The van der Waals surface area contributed by atoms with Crippen molar-refractivity contribution in [3.63, 3.8) is 0 Å². The smallest absolute Gasteiger partial charge is 0.216 e. The Morgan fingerprint density at radius 1 is 1.44 bits per heavy atom. The van der Waals surface area contributed by atoms with Crippen molar-refractivity contribution in [2.45, 2.75) is 38.7 Å². The molecule has 1 aliphatic rings. The molecule has 0 bridgehead atoms. The van der Waals surface area contributed by atoms with E-state index < -0.39 is 0 Å². The fourth-order valence-electron chi connectivity index (χ4n) is 2.22. The first-order valence-corrected chi connectivity index (χ1v) is 6.01. The standard InChI is InChI=1S/C12H19N3O/c1-2-10-6-12(15-8-14-10)16-11-5-3-4-9(11)7-13/h6,8-9,11H,2-5,7,13H2,1H3. The number of hydrogen-bond donors (Lipinski definition) is 1. The minimum absolute atomic E-state index is 0.240. The predicted octanol–water partition coefficient (Wildman–Crippen LogP) is 1.55. The molecule has 16 heavy (non-hydrogen) atoms. The van der Waals surface area contributed by atoms with Gasteiger partial charge in [0.15, 0.2) is 0 Å². The van der Waals surface area contributed by atoms with Crippen LogP contribution in [-0.4, -0.2) is 22.6 Å². The van der Waals surface area contributed by atoms with Gasteiger partial charge in [-0.3, -0.25) is 0 Å². The van der Waals surface area contributed by atoms with E-state index in [1.807, 2.05) is 6.07 Å². The Balaban J connectivity index is 2.02. The summed E-state index contributed by atoms with van der Waals surface area (Å²) < 4.78 is 5.89. The Labute approximate surface area is 96.2 Å². The number of hydrogen-bond acceptors (Lipinski definition) is 4. The molecule has 2 rings (SSSR count). The Kier molecular flexibility index (Phi) is 3.72. The van der Waals surface area contributed by atoms with Gasteiger partial charge in [-0.05, 0) is 32.2 Å². The van der Waals surface area contributed by atoms with E-state index in [0.29, 0.717) is 18.3 Å². The van der Waals surface area contributed by atoms with Crippen molar-refractivity contribution in [3.8, 4) is 5.88 Å². The monoisotopic (exact) mass is 221 g/mol. The number of nitrogens with two attached hydrogens (primary N) is 1. The SMILES string of the molecule is CCc1cc(OC2CCCC2CN)ncn1. The molecule has 1 aliphatic carbocycles. The van der Waals surface area contributed by atoms with Crippen LogP contribution in [0.1, 0.15) is 31.9 Å². The maximum atomic E-state index is 5.89. The van der Waals surface area contributed by atoms with Crippen LogP contribution >= 0.6 is 0 Å². The normalized spacial score (nSPS) is 24.6. The molecule has 0 aromatic carbocycles. The molecule has 1 aromatic rings. The summed E-state index contributed by atoms with van der Waals surface area (Å²) in [6.45, 7) is 2.78. The fraction of sp³-hybridized carbons (Fsp3) is 0.667. The van der Waals surface area contributed by atoms with Gasteiger partial charge in [0.2, 0.25) is 5.88 Å². The summed E-state index contributed by atoms with van der Waals surface area (Å²) in [6.07, 6.45) is 6.19. The van der Waals surface area contributed by atoms with Gasteiger partial charge in [-0.1, -0.05) is 6.92 Å². The molecular formula is C12H19N3O. The molecule has 0 spiro atoms. The summed E-state index contributed by atoms with van der Waals surface area (Å²) in [5.41, 5.74) is 6.74. The highest BCUT2D eigenvalue weighted by molar-refractivity contribution is 5.14. The van der Waals surface area contributed by atoms with Crippen LogP contribution in [0.25, 0.3) is 0 Å². The first-order chi connectivity index (χ1) is 7.83. The van der Waals surface area contributed by atoms with Gasteiger partial charge in [0.05, 0.1) is 0 Å². The molecule has 4 nitrogen and oxygen atoms in total. The van der Waals surface area contributed by atoms with E-state index in [4.69, 9.17) is 10.5 Å². The van der Waals surface area contributed by atoms with Gasteiger partial charge in [-0.15, -0.1) is 0 Å². The third-order valence-corrected chi connectivity index (χ3v) is 3.23. The van der Waals surface area contributed by atoms with Crippen molar-refractivity contribution >= 4 is 0 Å². The molecule has 1 heterocycles. The molecule has 1 fully saturated rings. The quantitative estimate of drug-likeness (QED) is 0.838. The van der Waals surface area contributed by atoms with Gasteiger partial charge in [0, 0.05) is 17.7 Å². The Bertz CT molecular complexity index is 343. The minimum atomic E-state index is 0.240. The van der Waals surface area contributed by atoms with Crippen molar-refractivity contribution in [2.24, 2.45) is 11.7 Å². The van der Waals surface area contributed by atoms with Crippen LogP contribution in [0.2, 0.25) is 0 Å². The van der Waals surface area contributed by atoms with Crippen LogP contribution in [0.5, 0.6) is 5.88 Å². The Hall–Kier alpha value is -1.16. The molecule has 1 aromatic heterocycles. The highest BCUT2D eigenvalue weighted by atomic mass is 16.5. The number of aryl methyl sites for hydroxylation is 1. The lowest BCUT2D eigenvalue weighted by Gasteiger charge is -2.19. The third-order valence-electron chi connectivity index (χ3n) is 3.23. The molecule has 2 atom stereocenters. The lowest BCUT2D eigenvalue weighted by molar-refractivity contribution is 0.155. The molecule has 1 saturated carbocycles. The maximum absolute atomic E-state index is 5.89. The highest BCUT2D eigenvalue weighted by Crippen LogP contribution is 2.28. The molecule has 0 aliphatic heterocycles. The molecule has 88 valence electrons. The van der Waals surface area contributed by atoms with Gasteiger partial charge in [0.1, 0.15) is 12.4 Å². The highest BCUT2D eigenvalue weighted by Gasteiger charge is 2.28. The summed E-state index contributed by atoms with van der Waals surface area (Å²) >= 11 is 0. The number of ether oxygens (including phenoxy) is 1. The second kappa shape index (κ2) is 5.25. The molecule has 0 amide bonds. The minimum Gasteiger partial charge on any atom is -0.474 e. The van der Waals surface area contributed by atoms with Crippen molar-refractivity contribution in [1.82, 2.24) is 9.97 Å². The summed E-state index contributed by atoms with van der Waals surface area (Å²) in [4.78, 5) is 8.30. The third kappa shape index (κ3) is 2.50. The summed E-state index contributed by atoms with van der Waals surface area (Å²) in [6, 6.07) is 1.92. The molecular weight excluding hydrogens is 202 g/mol. The molecule has 2 N–H and O–H groups in total. The largest absolute Gasteiger partial charge is 0.474 e. The summed E-state index contributed by atoms with van der Waals surface area (Å²) in [7, 11) is 0. The van der Waals surface area contributed by atoms with Crippen LogP contribution < -0.4 is 10.5 Å². The van der Waals surface area contributed by atoms with E-state index >= 15 is 0 Å². The average molecular weight is 221 g/mol. The molecule has 0 saturated heterocycles. The van der Waals surface area contributed by atoms with E-state index in [-0.39, 0.29) is 6.10 Å². The second-order valence-electron chi connectivity index (χ2n) is 4.28. The fourth-order valence-corrected chi connectivity index (χ4v) is 2.22. The van der Waals surface area contributed by atoms with E-state index in [0.717, 1.165) is 18.5 Å². The van der Waals surface area contributed by atoms with Crippen LogP contribution in [0.4, 0.5) is 0 Å². The van der Waals surface area contributed by atoms with Gasteiger partial charge in [0.25, 0.3) is 0 Å². The van der Waals surface area contributed by atoms with Crippen molar-refractivity contribution in [3.05, 3.63) is 18.1 Å². The Morgan fingerprint density at radius 3 is 3.06 bits per heavy atom. The molecule has 2 unspecified atom stereocenters. The van der Waals surface area contributed by atoms with Crippen molar-refractivity contribution in [2.75, 3.05) is 6.54 Å². The van der Waals surface area contributed by atoms with Crippen LogP contribution in [0.3, 0.4) is 0 Å². The Morgan fingerprint density at radius 2 is 2.31 bits per heavy atom. The maximum Gasteiger partial charge on any atom is 0.216 e. The lowest BCUT2D eigenvalue weighted by atomic mass is 10.1. The van der Waals surface area contributed by atoms with E-state index in [1.165, 1.54) is 12.8 Å². The topological polar surface area (TPSA) is 61.0 Å². The number of aromatic nitrogens is 2. The van der Waals surface area contributed by atoms with Crippen LogP contribution in [0, 0.1) is 5.92 Å². The van der Waals surface area contributed by atoms with Gasteiger partial charge >= 0.3 is 0 Å². The first-order valence-electron chi connectivity index (χ1n) is 6.01. The molecule has 0 radical (unpaired) electrons. The zero-order valence-corrected chi connectivity index (χ0v) is 9.72. The van der Waals surface area contributed by atoms with Gasteiger partial charge < -0.3 is 10.5 Å². The van der Waals surface area contributed by atoms with Crippen molar-refractivity contribution in [1.29, 1.82) is 0 Å². The van der Waals surface area contributed by atoms with Crippen LogP contribution in [0.15, 0.2) is 12.4 Å². The van der Waals surface area contributed by atoms with Crippen LogP contribution in [-0.2, 0) is 6.42 Å². The summed E-state index contributed by atoms with van der Waals surface area (Å²) in [5, 5.41) is 0. The lowest BCUT2D eigenvalue weighted by Crippen LogP contribution is -2.28. The van der Waals surface area contributed by atoms with Gasteiger partial charge in [-0.2, -0.15) is 0 Å². The zero-order chi connectivity index (χ0) is 11.4. The molecule has 4 heteroatoms.